The number of aromatic nitrogens is 8. The van der Waals surface area contributed by atoms with Crippen molar-refractivity contribution in [3.63, 3.8) is 0 Å². The second-order valence-electron chi connectivity index (χ2n) is 18.1. The molecule has 4 aromatic carbocycles. The summed E-state index contributed by atoms with van der Waals surface area (Å²) in [5.74, 6) is 0.896. The van der Waals surface area contributed by atoms with E-state index in [9.17, 15) is 14.4 Å². The Morgan fingerprint density at radius 2 is 1.19 bits per heavy atom. The van der Waals surface area contributed by atoms with Crippen LogP contribution in [0.3, 0.4) is 0 Å². The highest BCUT2D eigenvalue weighted by Crippen LogP contribution is 2.38. The van der Waals surface area contributed by atoms with E-state index in [1.807, 2.05) is 68.5 Å². The Morgan fingerprint density at radius 1 is 0.629 bits per heavy atom. The molecule has 4 N–H and O–H groups in total. The van der Waals surface area contributed by atoms with Crippen LogP contribution in [-0.2, 0) is 4.74 Å². The number of ether oxygens (including phenoxy) is 3. The molecular weight excluding hydrogens is 887 g/mol. The van der Waals surface area contributed by atoms with E-state index < -0.39 is 17.7 Å². The molecule has 70 heavy (non-hydrogen) atoms. The number of amides is 1. The van der Waals surface area contributed by atoms with Gasteiger partial charge in [0.15, 0.2) is 0 Å². The number of nitrogens with one attached hydrogen (secondary N) is 3. The molecule has 2 fully saturated rings. The first-order valence-electron chi connectivity index (χ1n) is 23.2. The van der Waals surface area contributed by atoms with Crippen LogP contribution in [-0.4, -0.2) is 94.7 Å². The number of H-pyrrole nitrogens is 3. The highest BCUT2D eigenvalue weighted by molar-refractivity contribution is 5.96. The normalized spacial score (nSPS) is 14.5. The number of carboxylic acid groups (broad SMARTS) is 1. The van der Waals surface area contributed by atoms with Crippen LogP contribution < -0.4 is 9.47 Å². The SMILES string of the molecule is CC(C)(C)OC(=O)n1cc(-c2cccc(C3CCCC3)c2)cn1.COc1cc(C(=O)N2CCCC2c2cccc(-c3cn[nH]c3)c2)ccc1-c1cn[nH]c1.COc1cc(C(=O)O)ccc1-c1cn[nH]c1. The summed E-state index contributed by atoms with van der Waals surface area (Å²) in [6, 6.07) is 27.3. The molecule has 5 heterocycles. The predicted molar refractivity (Wildman–Crippen MR) is 266 cm³/mol. The van der Waals surface area contributed by atoms with Crippen molar-refractivity contribution in [2.75, 3.05) is 20.8 Å². The average molecular weight is 944 g/mol. The van der Waals surface area contributed by atoms with E-state index in [1.54, 1.807) is 44.2 Å². The van der Waals surface area contributed by atoms with Crippen LogP contribution in [0.5, 0.6) is 11.5 Å². The minimum absolute atomic E-state index is 0.0215. The molecule has 360 valence electrons. The highest BCUT2D eigenvalue weighted by atomic mass is 16.6. The number of benzene rings is 4. The Kier molecular flexibility index (Phi) is 15.0. The summed E-state index contributed by atoms with van der Waals surface area (Å²) in [5.41, 5.74) is 10.5. The number of carbonyl (C=O) groups excluding carboxylic acids is 2. The van der Waals surface area contributed by atoms with Crippen molar-refractivity contribution in [1.29, 1.82) is 0 Å². The molecule has 4 aromatic heterocycles. The van der Waals surface area contributed by atoms with Gasteiger partial charge in [0.2, 0.25) is 0 Å². The molecule has 16 heteroatoms. The van der Waals surface area contributed by atoms with Crippen LogP contribution in [0.2, 0.25) is 0 Å². The van der Waals surface area contributed by atoms with Gasteiger partial charge in [-0.15, -0.1) is 0 Å². The molecule has 16 nitrogen and oxygen atoms in total. The zero-order valence-corrected chi connectivity index (χ0v) is 39.9. The van der Waals surface area contributed by atoms with Gasteiger partial charge in [-0.25, -0.2) is 9.59 Å². The van der Waals surface area contributed by atoms with Crippen molar-refractivity contribution in [2.45, 2.75) is 76.9 Å². The Morgan fingerprint density at radius 3 is 1.76 bits per heavy atom. The third kappa shape index (κ3) is 11.5. The maximum absolute atomic E-state index is 13.4. The molecule has 2 aliphatic rings. The van der Waals surface area contributed by atoms with Gasteiger partial charge in [0.1, 0.15) is 17.1 Å². The maximum atomic E-state index is 13.4. The number of carboxylic acids is 1. The number of hydrogen-bond acceptors (Lipinski definition) is 10. The van der Waals surface area contributed by atoms with Gasteiger partial charge in [-0.1, -0.05) is 55.3 Å². The summed E-state index contributed by atoms with van der Waals surface area (Å²) in [6.45, 7) is 6.28. The summed E-state index contributed by atoms with van der Waals surface area (Å²) in [5, 5.41) is 33.2. The van der Waals surface area contributed by atoms with E-state index in [1.165, 1.54) is 55.2 Å². The Balaban J connectivity index is 0.000000149. The molecule has 1 saturated carbocycles. The summed E-state index contributed by atoms with van der Waals surface area (Å²) in [4.78, 5) is 38.3. The van der Waals surface area contributed by atoms with Gasteiger partial charge in [0, 0.05) is 70.3 Å². The smallest absolute Gasteiger partial charge is 0.435 e. The Bertz CT molecular complexity index is 3000. The largest absolute Gasteiger partial charge is 0.496 e. The summed E-state index contributed by atoms with van der Waals surface area (Å²) in [6.07, 6.45) is 20.8. The van der Waals surface area contributed by atoms with Gasteiger partial charge in [0.25, 0.3) is 5.91 Å². The standard InChI is InChI=1S/C24H23N5O2.C19H24N2O2.C11H10N2O3/c1-31-23-11-18(7-8-21(23)20-14-27-28-15-20)24(30)29-9-3-6-22(29)17-5-2-4-16(10-17)19-12-25-26-13-19;1-19(2,3)23-18(22)21-13-17(12-20-21)16-10-6-9-15(11-16)14-7-4-5-8-14;1-16-10-4-7(11(14)15)2-3-9(10)8-5-12-13-6-8/h2,4-5,7-8,10-15,22H,3,6,9H2,1H3,(H,25,26)(H,27,28);6,9-14H,4-5,7-8H2,1-3H3;2-6H,1H3,(H,12,13)(H,14,15). The number of likely N-dealkylation sites (tertiary alicyclic amines) is 1. The average Bonchev–Trinajstić information content (AvgIpc) is 4.23. The van der Waals surface area contributed by atoms with Crippen molar-refractivity contribution < 1.29 is 33.7 Å². The summed E-state index contributed by atoms with van der Waals surface area (Å²) in [7, 11) is 3.12. The fraction of sp³-hybridized carbons (Fsp3) is 0.278. The predicted octanol–water partition coefficient (Wildman–Crippen LogP) is 11.2. The number of aromatic carboxylic acids is 1. The minimum Gasteiger partial charge on any atom is -0.496 e. The van der Waals surface area contributed by atoms with Crippen LogP contribution in [0, 0.1) is 0 Å². The van der Waals surface area contributed by atoms with Crippen LogP contribution >= 0.6 is 0 Å². The van der Waals surface area contributed by atoms with Crippen LogP contribution in [0.1, 0.15) is 103 Å². The molecule has 8 aromatic rings. The lowest BCUT2D eigenvalue weighted by Gasteiger charge is -2.26. The van der Waals surface area contributed by atoms with Crippen molar-refractivity contribution in [3.8, 4) is 56.0 Å². The number of aromatic amines is 3. The van der Waals surface area contributed by atoms with Crippen LogP contribution in [0.4, 0.5) is 4.79 Å². The lowest BCUT2D eigenvalue weighted by molar-refractivity contribution is 0.0513. The van der Waals surface area contributed by atoms with E-state index in [-0.39, 0.29) is 17.5 Å². The van der Waals surface area contributed by atoms with E-state index in [2.05, 4.69) is 78.2 Å². The molecule has 0 radical (unpaired) electrons. The van der Waals surface area contributed by atoms with Crippen LogP contribution in [0.25, 0.3) is 44.5 Å². The molecule has 1 aliphatic carbocycles. The third-order valence-electron chi connectivity index (χ3n) is 12.3. The second kappa shape index (κ2) is 21.8. The van der Waals surface area contributed by atoms with Gasteiger partial charge < -0.3 is 24.2 Å². The maximum Gasteiger partial charge on any atom is 0.435 e. The van der Waals surface area contributed by atoms with Gasteiger partial charge in [0.05, 0.1) is 50.6 Å². The first-order valence-corrected chi connectivity index (χ1v) is 23.2. The Labute approximate surface area is 406 Å². The highest BCUT2D eigenvalue weighted by Gasteiger charge is 2.31. The Hall–Kier alpha value is -8.27. The van der Waals surface area contributed by atoms with Gasteiger partial charge in [-0.05, 0) is 117 Å². The van der Waals surface area contributed by atoms with E-state index in [4.69, 9.17) is 19.3 Å². The lowest BCUT2D eigenvalue weighted by Crippen LogP contribution is -2.30. The second-order valence-corrected chi connectivity index (χ2v) is 18.1. The van der Waals surface area contributed by atoms with Crippen LogP contribution in [0.15, 0.2) is 135 Å². The number of nitrogens with zero attached hydrogens (tertiary/aromatic N) is 6. The first kappa shape index (κ1) is 48.2. The molecule has 0 bridgehead atoms. The fourth-order valence-electron chi connectivity index (χ4n) is 8.89. The molecular formula is C54H57N9O7. The topological polar surface area (TPSA) is 206 Å². The van der Waals surface area contributed by atoms with Gasteiger partial charge >= 0.3 is 12.1 Å². The van der Waals surface area contributed by atoms with Gasteiger partial charge in [-0.3, -0.25) is 20.1 Å². The molecule has 10 rings (SSSR count). The minimum atomic E-state index is -0.975. The molecule has 1 unspecified atom stereocenters. The van der Waals surface area contributed by atoms with E-state index in [0.717, 1.165) is 69.5 Å². The number of rotatable bonds is 10. The number of carbonyl (C=O) groups is 3. The van der Waals surface area contributed by atoms with Gasteiger partial charge in [-0.2, -0.15) is 25.1 Å². The van der Waals surface area contributed by atoms with Crippen molar-refractivity contribution >= 4 is 18.0 Å². The number of methoxy groups -OCH3 is 2. The van der Waals surface area contributed by atoms with Crippen molar-refractivity contribution in [3.05, 3.63) is 157 Å². The quantitative estimate of drug-likeness (QED) is 0.101. The molecule has 1 atom stereocenters. The van der Waals surface area contributed by atoms with Crippen molar-refractivity contribution in [2.24, 2.45) is 0 Å². The first-order chi connectivity index (χ1) is 33.9. The summed E-state index contributed by atoms with van der Waals surface area (Å²) >= 11 is 0. The lowest BCUT2D eigenvalue weighted by atomic mass is 9.95. The fourth-order valence-corrected chi connectivity index (χ4v) is 8.89. The van der Waals surface area contributed by atoms with E-state index >= 15 is 0 Å². The number of hydrogen-bond donors (Lipinski definition) is 4. The zero-order chi connectivity index (χ0) is 49.2. The zero-order valence-electron chi connectivity index (χ0n) is 39.9. The molecule has 1 saturated heterocycles. The molecule has 1 aliphatic heterocycles. The third-order valence-corrected chi connectivity index (χ3v) is 12.3. The monoisotopic (exact) mass is 943 g/mol. The van der Waals surface area contributed by atoms with E-state index in [0.29, 0.717) is 23.0 Å². The van der Waals surface area contributed by atoms with Crippen molar-refractivity contribution in [1.82, 2.24) is 45.3 Å². The molecule has 0 spiro atoms. The summed E-state index contributed by atoms with van der Waals surface area (Å²) < 4.78 is 17.3. The molecule has 1 amide bonds.